The van der Waals surface area contributed by atoms with Gasteiger partial charge in [0.2, 0.25) is 0 Å². The molecule has 0 radical (unpaired) electrons. The maximum Gasteiger partial charge on any atom is 0.306 e. The summed E-state index contributed by atoms with van der Waals surface area (Å²) >= 11 is 0. The summed E-state index contributed by atoms with van der Waals surface area (Å²) in [6.45, 7) is 9.03. The van der Waals surface area contributed by atoms with Crippen LogP contribution >= 0.6 is 0 Å². The summed E-state index contributed by atoms with van der Waals surface area (Å²) in [7, 11) is 0. The van der Waals surface area contributed by atoms with Crippen LogP contribution in [0.2, 0.25) is 0 Å². The van der Waals surface area contributed by atoms with E-state index in [2.05, 4.69) is 27.7 Å². The lowest BCUT2D eigenvalue weighted by Crippen LogP contribution is -2.30. The van der Waals surface area contributed by atoms with Crippen LogP contribution in [-0.2, 0) is 28.6 Å². The predicted octanol–water partition coefficient (Wildman–Crippen LogP) is 16.7. The van der Waals surface area contributed by atoms with Gasteiger partial charge in [0.25, 0.3) is 0 Å². The van der Waals surface area contributed by atoms with Crippen LogP contribution in [0.5, 0.6) is 0 Å². The summed E-state index contributed by atoms with van der Waals surface area (Å²) in [5.74, 6) is -0.00439. The van der Waals surface area contributed by atoms with Crippen LogP contribution < -0.4 is 0 Å². The van der Waals surface area contributed by atoms with Gasteiger partial charge in [0.05, 0.1) is 0 Å². The number of hydrogen-bond acceptors (Lipinski definition) is 6. The Hall–Kier alpha value is -1.59. The van der Waals surface area contributed by atoms with Crippen molar-refractivity contribution in [1.29, 1.82) is 0 Å². The summed E-state index contributed by atoms with van der Waals surface area (Å²) in [6.07, 6.45) is 47.9. The smallest absolute Gasteiger partial charge is 0.306 e. The van der Waals surface area contributed by atoms with E-state index in [1.165, 1.54) is 186 Å². The second kappa shape index (κ2) is 46.5. The van der Waals surface area contributed by atoms with E-state index < -0.39 is 6.10 Å². The zero-order valence-corrected chi connectivity index (χ0v) is 39.5. The van der Waals surface area contributed by atoms with Gasteiger partial charge in [0.15, 0.2) is 6.10 Å². The van der Waals surface area contributed by atoms with E-state index in [9.17, 15) is 14.4 Å². The molecule has 0 heterocycles. The third-order valence-corrected chi connectivity index (χ3v) is 11.8. The summed E-state index contributed by atoms with van der Waals surface area (Å²) in [5, 5.41) is 0. The first-order chi connectivity index (χ1) is 28.4. The lowest BCUT2D eigenvalue weighted by Gasteiger charge is -2.18. The lowest BCUT2D eigenvalue weighted by molar-refractivity contribution is -0.167. The molecule has 0 spiro atoms. The highest BCUT2D eigenvalue weighted by molar-refractivity contribution is 5.71. The van der Waals surface area contributed by atoms with Crippen LogP contribution in [0.15, 0.2) is 0 Å². The van der Waals surface area contributed by atoms with Crippen molar-refractivity contribution in [3.05, 3.63) is 0 Å². The minimum atomic E-state index is -0.760. The van der Waals surface area contributed by atoms with Gasteiger partial charge in [-0.3, -0.25) is 14.4 Å². The molecule has 0 bridgehead atoms. The van der Waals surface area contributed by atoms with Gasteiger partial charge in [0, 0.05) is 19.3 Å². The number of esters is 3. The first-order valence-corrected chi connectivity index (χ1v) is 25.9. The molecule has 0 aromatic carbocycles. The molecule has 6 nitrogen and oxygen atoms in total. The van der Waals surface area contributed by atoms with Crippen LogP contribution in [0.3, 0.4) is 0 Å². The maximum absolute atomic E-state index is 12.8. The van der Waals surface area contributed by atoms with Crippen LogP contribution in [0.25, 0.3) is 0 Å². The van der Waals surface area contributed by atoms with Crippen LogP contribution in [0.1, 0.15) is 291 Å². The van der Waals surface area contributed by atoms with Crippen LogP contribution in [-0.4, -0.2) is 37.2 Å². The number of unbranched alkanes of at least 4 members (excludes halogenated alkanes) is 34. The molecule has 0 N–H and O–H groups in total. The van der Waals surface area contributed by atoms with Crippen molar-refractivity contribution >= 4 is 17.9 Å². The molecular weight excluding hydrogens is 721 g/mol. The summed E-state index contributed by atoms with van der Waals surface area (Å²) in [6, 6.07) is 0. The van der Waals surface area contributed by atoms with Crippen molar-refractivity contribution in [2.75, 3.05) is 13.2 Å². The minimum absolute atomic E-state index is 0.0626. The van der Waals surface area contributed by atoms with Gasteiger partial charge >= 0.3 is 17.9 Å². The highest BCUT2D eigenvalue weighted by Crippen LogP contribution is 2.17. The molecule has 0 amide bonds. The van der Waals surface area contributed by atoms with E-state index in [-0.39, 0.29) is 31.1 Å². The third kappa shape index (κ3) is 45.5. The standard InChI is InChI=1S/C52H100O6/c1-5-7-9-11-13-15-17-23-27-31-35-39-43-50(53)56-46-49(58-52(55)45-41-37-33-29-24-18-16-14-12-10-8-6-2)47-57-51(54)44-40-36-32-28-25-21-19-20-22-26-30-34-38-42-48(3)4/h48-49H,5-47H2,1-4H3/t49-/m1/s1. The molecule has 0 saturated carbocycles. The SMILES string of the molecule is CCCCCCCCCCCCCCC(=O)OC[C@H](COC(=O)CCCCCCCCCCCCCCCC(C)C)OC(=O)CCCCCCCCCCCCCC. The first-order valence-electron chi connectivity index (χ1n) is 25.9. The fourth-order valence-electron chi connectivity index (χ4n) is 7.86. The van der Waals surface area contributed by atoms with Gasteiger partial charge < -0.3 is 14.2 Å². The molecule has 0 rings (SSSR count). The second-order valence-electron chi connectivity index (χ2n) is 18.3. The van der Waals surface area contributed by atoms with Crippen molar-refractivity contribution in [2.24, 2.45) is 5.92 Å². The van der Waals surface area contributed by atoms with Gasteiger partial charge in [0.1, 0.15) is 13.2 Å². The van der Waals surface area contributed by atoms with Gasteiger partial charge in [-0.05, 0) is 25.2 Å². The van der Waals surface area contributed by atoms with Gasteiger partial charge in [-0.2, -0.15) is 0 Å². The first kappa shape index (κ1) is 56.4. The zero-order chi connectivity index (χ0) is 42.4. The molecule has 0 fully saturated rings. The van der Waals surface area contributed by atoms with E-state index in [0.717, 1.165) is 63.7 Å². The molecule has 1 atom stereocenters. The molecule has 0 aliphatic rings. The molecule has 0 aliphatic carbocycles. The number of carbonyl (C=O) groups excluding carboxylic acids is 3. The molecule has 58 heavy (non-hydrogen) atoms. The Morgan fingerprint density at radius 3 is 0.845 bits per heavy atom. The highest BCUT2D eigenvalue weighted by Gasteiger charge is 2.19. The molecule has 0 aromatic rings. The summed E-state index contributed by atoms with van der Waals surface area (Å²) < 4.78 is 16.8. The van der Waals surface area contributed by atoms with E-state index in [1.54, 1.807) is 0 Å². The van der Waals surface area contributed by atoms with Gasteiger partial charge in [-0.25, -0.2) is 0 Å². The Kier molecular flexibility index (Phi) is 45.2. The Bertz CT molecular complexity index is 872. The van der Waals surface area contributed by atoms with Crippen molar-refractivity contribution in [2.45, 2.75) is 297 Å². The number of ether oxygens (including phenoxy) is 3. The fraction of sp³-hybridized carbons (Fsp3) is 0.942. The number of rotatable bonds is 47. The van der Waals surface area contributed by atoms with E-state index >= 15 is 0 Å². The Labute approximate surface area is 361 Å². The molecule has 0 saturated heterocycles. The molecule has 344 valence electrons. The Morgan fingerprint density at radius 2 is 0.569 bits per heavy atom. The number of carbonyl (C=O) groups is 3. The van der Waals surface area contributed by atoms with Crippen molar-refractivity contribution in [3.8, 4) is 0 Å². The van der Waals surface area contributed by atoms with Crippen LogP contribution in [0.4, 0.5) is 0 Å². The van der Waals surface area contributed by atoms with Crippen LogP contribution in [0, 0.1) is 5.92 Å². The molecule has 0 aromatic heterocycles. The fourth-order valence-corrected chi connectivity index (χ4v) is 7.86. The largest absolute Gasteiger partial charge is 0.462 e. The quantitative estimate of drug-likeness (QED) is 0.0346. The van der Waals surface area contributed by atoms with E-state index in [1.807, 2.05) is 0 Å². The average Bonchev–Trinajstić information content (AvgIpc) is 3.21. The van der Waals surface area contributed by atoms with Crippen molar-refractivity contribution < 1.29 is 28.6 Å². The third-order valence-electron chi connectivity index (χ3n) is 11.8. The van der Waals surface area contributed by atoms with Gasteiger partial charge in [-0.1, -0.05) is 252 Å². The molecule has 0 aliphatic heterocycles. The number of hydrogen-bond donors (Lipinski definition) is 0. The molecular formula is C52H100O6. The van der Waals surface area contributed by atoms with Crippen molar-refractivity contribution in [1.82, 2.24) is 0 Å². The molecule has 0 unspecified atom stereocenters. The van der Waals surface area contributed by atoms with E-state index in [4.69, 9.17) is 14.2 Å². The van der Waals surface area contributed by atoms with Gasteiger partial charge in [-0.15, -0.1) is 0 Å². The molecule has 6 heteroatoms. The summed E-state index contributed by atoms with van der Waals surface area (Å²) in [5.41, 5.74) is 0. The monoisotopic (exact) mass is 821 g/mol. The average molecular weight is 821 g/mol. The summed E-state index contributed by atoms with van der Waals surface area (Å²) in [4.78, 5) is 37.9. The lowest BCUT2D eigenvalue weighted by atomic mass is 10.0. The normalized spacial score (nSPS) is 11.9. The maximum atomic E-state index is 12.8. The highest BCUT2D eigenvalue weighted by atomic mass is 16.6. The van der Waals surface area contributed by atoms with Crippen molar-refractivity contribution in [3.63, 3.8) is 0 Å². The van der Waals surface area contributed by atoms with E-state index in [0.29, 0.717) is 19.3 Å². The predicted molar refractivity (Wildman–Crippen MR) is 247 cm³/mol. The zero-order valence-electron chi connectivity index (χ0n) is 39.5. The topological polar surface area (TPSA) is 78.9 Å². The minimum Gasteiger partial charge on any atom is -0.462 e. The second-order valence-corrected chi connectivity index (χ2v) is 18.3. The Morgan fingerprint density at radius 1 is 0.328 bits per heavy atom. The Balaban J connectivity index is 4.29.